The molecule has 2 rings (SSSR count). The zero-order valence-electron chi connectivity index (χ0n) is 9.89. The smallest absolute Gasteiger partial charge is 0.163 e. The van der Waals surface area contributed by atoms with Gasteiger partial charge in [-0.3, -0.25) is 9.78 Å². The summed E-state index contributed by atoms with van der Waals surface area (Å²) in [6.07, 6.45) is 3.22. The van der Waals surface area contributed by atoms with Crippen LogP contribution in [-0.2, 0) is 6.61 Å². The maximum absolute atomic E-state index is 11.4. The van der Waals surface area contributed by atoms with E-state index in [1.807, 2.05) is 12.1 Å². The minimum atomic E-state index is -0.0218. The molecule has 18 heavy (non-hydrogen) atoms. The normalized spacial score (nSPS) is 10.1. The second kappa shape index (κ2) is 5.65. The highest BCUT2D eigenvalue weighted by molar-refractivity contribution is 6.31. The third-order valence-electron chi connectivity index (χ3n) is 2.51. The summed E-state index contributed by atoms with van der Waals surface area (Å²) < 4.78 is 5.63. The number of ether oxygens (including phenoxy) is 1. The number of ketones is 1. The van der Waals surface area contributed by atoms with E-state index in [1.165, 1.54) is 6.92 Å². The lowest BCUT2D eigenvalue weighted by Crippen LogP contribution is -2.02. The summed E-state index contributed by atoms with van der Waals surface area (Å²) >= 11 is 5.98. The average molecular weight is 262 g/mol. The summed E-state index contributed by atoms with van der Waals surface area (Å²) in [5, 5.41) is 0.554. The summed E-state index contributed by atoms with van der Waals surface area (Å²) in [4.78, 5) is 15.3. The van der Waals surface area contributed by atoms with Crippen molar-refractivity contribution in [3.05, 3.63) is 58.9 Å². The zero-order chi connectivity index (χ0) is 13.0. The maximum atomic E-state index is 11.4. The molecule has 0 spiro atoms. The molecule has 3 nitrogen and oxygen atoms in total. The Morgan fingerprint density at radius 2 is 2.11 bits per heavy atom. The molecular formula is C14H12ClNO2. The van der Waals surface area contributed by atoms with Gasteiger partial charge in [-0.05, 0) is 25.1 Å². The first-order valence-electron chi connectivity index (χ1n) is 5.49. The number of Topliss-reactive ketones (excluding diaryl/α,β-unsaturated/α-hetero) is 1. The number of hydrogen-bond donors (Lipinski definition) is 0. The summed E-state index contributed by atoms with van der Waals surface area (Å²) in [6.45, 7) is 1.83. The van der Waals surface area contributed by atoms with Gasteiger partial charge in [-0.15, -0.1) is 0 Å². The number of rotatable bonds is 4. The van der Waals surface area contributed by atoms with E-state index in [0.717, 1.165) is 5.56 Å². The van der Waals surface area contributed by atoms with Gasteiger partial charge in [0.2, 0.25) is 0 Å². The number of pyridine rings is 1. The number of halogens is 1. The molecule has 0 saturated heterocycles. The summed E-state index contributed by atoms with van der Waals surface area (Å²) in [5.74, 6) is 0.546. The van der Waals surface area contributed by atoms with Gasteiger partial charge >= 0.3 is 0 Å². The van der Waals surface area contributed by atoms with Crippen molar-refractivity contribution in [2.24, 2.45) is 0 Å². The first kappa shape index (κ1) is 12.6. The third-order valence-corrected chi connectivity index (χ3v) is 2.85. The molecule has 2 aromatic rings. The lowest BCUT2D eigenvalue weighted by Gasteiger charge is -2.10. The van der Waals surface area contributed by atoms with Crippen molar-refractivity contribution in [3.8, 4) is 5.75 Å². The molecule has 0 bridgehead atoms. The first-order valence-corrected chi connectivity index (χ1v) is 5.87. The Kier molecular flexibility index (Phi) is 3.95. The molecule has 0 N–H and O–H groups in total. The van der Waals surface area contributed by atoms with Crippen molar-refractivity contribution in [3.63, 3.8) is 0 Å². The van der Waals surface area contributed by atoms with Crippen LogP contribution in [0.25, 0.3) is 0 Å². The average Bonchev–Trinajstić information content (AvgIpc) is 2.38. The topological polar surface area (TPSA) is 39.2 Å². The number of para-hydroxylation sites is 1. The highest BCUT2D eigenvalue weighted by atomic mass is 35.5. The molecule has 0 saturated carbocycles. The van der Waals surface area contributed by atoms with E-state index in [9.17, 15) is 4.79 Å². The Morgan fingerprint density at radius 3 is 2.83 bits per heavy atom. The Hall–Kier alpha value is -1.87. The Bertz CT molecular complexity index is 569. The van der Waals surface area contributed by atoms with Crippen LogP contribution in [0.2, 0.25) is 5.02 Å². The summed E-state index contributed by atoms with van der Waals surface area (Å²) in [7, 11) is 0. The molecule has 0 aliphatic carbocycles. The molecule has 0 fully saturated rings. The van der Waals surface area contributed by atoms with Crippen LogP contribution in [0.5, 0.6) is 5.75 Å². The summed E-state index contributed by atoms with van der Waals surface area (Å²) in [5.41, 5.74) is 1.41. The lowest BCUT2D eigenvalue weighted by atomic mass is 10.1. The van der Waals surface area contributed by atoms with Crippen LogP contribution < -0.4 is 4.74 Å². The molecular weight excluding hydrogens is 250 g/mol. The highest BCUT2D eigenvalue weighted by Gasteiger charge is 2.08. The molecule has 0 unspecified atom stereocenters. The lowest BCUT2D eigenvalue weighted by molar-refractivity contribution is 0.101. The predicted octanol–water partition coefficient (Wildman–Crippen LogP) is 3.52. The molecule has 4 heteroatoms. The fraction of sp³-hybridized carbons (Fsp3) is 0.143. The van der Waals surface area contributed by atoms with Gasteiger partial charge in [-0.2, -0.15) is 0 Å². The predicted molar refractivity (Wildman–Crippen MR) is 70.0 cm³/mol. The van der Waals surface area contributed by atoms with Gasteiger partial charge in [0.15, 0.2) is 5.78 Å². The second-order valence-corrected chi connectivity index (χ2v) is 4.22. The van der Waals surface area contributed by atoms with E-state index in [0.29, 0.717) is 22.9 Å². The van der Waals surface area contributed by atoms with Crippen LogP contribution in [0.4, 0.5) is 0 Å². The Balaban J connectivity index is 2.16. The molecule has 0 radical (unpaired) electrons. The van der Waals surface area contributed by atoms with Gasteiger partial charge in [-0.1, -0.05) is 23.7 Å². The molecule has 0 aliphatic rings. The van der Waals surface area contributed by atoms with E-state index in [-0.39, 0.29) is 5.78 Å². The van der Waals surface area contributed by atoms with Crippen LogP contribution in [0.15, 0.2) is 42.7 Å². The SMILES string of the molecule is CC(=O)c1ccccc1OCc1ccncc1Cl. The second-order valence-electron chi connectivity index (χ2n) is 3.81. The standard InChI is InChI=1S/C14H12ClNO2/c1-10(17)12-4-2-3-5-14(12)18-9-11-6-7-16-8-13(11)15/h2-8H,9H2,1H3. The minimum absolute atomic E-state index is 0.0218. The fourth-order valence-corrected chi connectivity index (χ4v) is 1.73. The molecule has 1 aromatic heterocycles. The molecule has 1 heterocycles. The molecule has 1 aromatic carbocycles. The third kappa shape index (κ3) is 2.87. The number of carbonyl (C=O) groups is 1. The van der Waals surface area contributed by atoms with E-state index in [4.69, 9.17) is 16.3 Å². The number of aromatic nitrogens is 1. The largest absolute Gasteiger partial charge is 0.488 e. The number of carbonyl (C=O) groups excluding carboxylic acids is 1. The van der Waals surface area contributed by atoms with Crippen LogP contribution in [0, 0.1) is 0 Å². The Morgan fingerprint density at radius 1 is 1.33 bits per heavy atom. The van der Waals surface area contributed by atoms with Crippen LogP contribution >= 0.6 is 11.6 Å². The Labute approximate surface area is 110 Å². The van der Waals surface area contributed by atoms with Crippen molar-refractivity contribution in [1.82, 2.24) is 4.98 Å². The molecule has 0 aliphatic heterocycles. The highest BCUT2D eigenvalue weighted by Crippen LogP contribution is 2.21. The monoisotopic (exact) mass is 261 g/mol. The maximum Gasteiger partial charge on any atom is 0.163 e. The van der Waals surface area contributed by atoms with Gasteiger partial charge in [-0.25, -0.2) is 0 Å². The van der Waals surface area contributed by atoms with Crippen molar-refractivity contribution < 1.29 is 9.53 Å². The first-order chi connectivity index (χ1) is 8.68. The number of hydrogen-bond acceptors (Lipinski definition) is 3. The van der Waals surface area contributed by atoms with E-state index in [1.54, 1.807) is 30.6 Å². The van der Waals surface area contributed by atoms with E-state index < -0.39 is 0 Å². The molecule has 92 valence electrons. The van der Waals surface area contributed by atoms with Crippen LogP contribution in [0.1, 0.15) is 22.8 Å². The van der Waals surface area contributed by atoms with E-state index in [2.05, 4.69) is 4.98 Å². The summed E-state index contributed by atoms with van der Waals surface area (Å²) in [6, 6.07) is 8.94. The van der Waals surface area contributed by atoms with Crippen LogP contribution in [-0.4, -0.2) is 10.8 Å². The van der Waals surface area contributed by atoms with Crippen molar-refractivity contribution >= 4 is 17.4 Å². The van der Waals surface area contributed by atoms with Crippen molar-refractivity contribution in [2.45, 2.75) is 13.5 Å². The van der Waals surface area contributed by atoms with Crippen LogP contribution in [0.3, 0.4) is 0 Å². The molecule has 0 atom stereocenters. The number of nitrogens with zero attached hydrogens (tertiary/aromatic N) is 1. The van der Waals surface area contributed by atoms with Crippen molar-refractivity contribution in [1.29, 1.82) is 0 Å². The van der Waals surface area contributed by atoms with Gasteiger partial charge < -0.3 is 4.74 Å². The van der Waals surface area contributed by atoms with E-state index >= 15 is 0 Å². The fourth-order valence-electron chi connectivity index (χ4n) is 1.56. The van der Waals surface area contributed by atoms with Gasteiger partial charge in [0.05, 0.1) is 10.6 Å². The zero-order valence-corrected chi connectivity index (χ0v) is 10.6. The minimum Gasteiger partial charge on any atom is -0.488 e. The van der Waals surface area contributed by atoms with Gasteiger partial charge in [0.1, 0.15) is 12.4 Å². The van der Waals surface area contributed by atoms with Crippen molar-refractivity contribution in [2.75, 3.05) is 0 Å². The molecule has 0 amide bonds. The number of benzene rings is 1. The van der Waals surface area contributed by atoms with Gasteiger partial charge in [0, 0.05) is 18.0 Å². The van der Waals surface area contributed by atoms with Gasteiger partial charge in [0.25, 0.3) is 0 Å². The quantitative estimate of drug-likeness (QED) is 0.791.